The summed E-state index contributed by atoms with van der Waals surface area (Å²) in [6.45, 7) is 0.551. The Morgan fingerprint density at radius 2 is 1.86 bits per heavy atom. The van der Waals surface area contributed by atoms with E-state index in [-0.39, 0.29) is 5.91 Å². The summed E-state index contributed by atoms with van der Waals surface area (Å²) in [7, 11) is 1.63. The van der Waals surface area contributed by atoms with E-state index in [2.05, 4.69) is 40.2 Å². The lowest BCUT2D eigenvalue weighted by molar-refractivity contribution is 0.0954. The van der Waals surface area contributed by atoms with Gasteiger partial charge in [0.2, 0.25) is 5.88 Å². The van der Waals surface area contributed by atoms with E-state index in [0.29, 0.717) is 24.4 Å². The number of carbonyl (C=O) groups is 1. The van der Waals surface area contributed by atoms with Crippen molar-refractivity contribution in [3.05, 3.63) is 89.1 Å². The van der Waals surface area contributed by atoms with Gasteiger partial charge >= 0.3 is 0 Å². The summed E-state index contributed by atoms with van der Waals surface area (Å²) >= 11 is 0. The number of benzene rings is 2. The number of aromatic nitrogens is 2. The third-order valence-electron chi connectivity index (χ3n) is 5.49. The minimum absolute atomic E-state index is 0.0559. The van der Waals surface area contributed by atoms with E-state index < -0.39 is 0 Å². The van der Waals surface area contributed by atoms with Crippen molar-refractivity contribution in [3.63, 3.8) is 0 Å². The highest BCUT2D eigenvalue weighted by molar-refractivity contribution is 5.94. The maximum atomic E-state index is 12.4. The van der Waals surface area contributed by atoms with Crippen molar-refractivity contribution in [2.75, 3.05) is 13.7 Å². The van der Waals surface area contributed by atoms with Crippen LogP contribution in [0.2, 0.25) is 0 Å². The molecule has 1 aliphatic heterocycles. The van der Waals surface area contributed by atoms with Gasteiger partial charge in [-0.2, -0.15) is 0 Å². The van der Waals surface area contributed by atoms with Gasteiger partial charge in [0, 0.05) is 41.5 Å². The zero-order chi connectivity index (χ0) is 19.8. The van der Waals surface area contributed by atoms with Gasteiger partial charge in [0.05, 0.1) is 18.1 Å². The molecule has 5 heteroatoms. The molecule has 0 radical (unpaired) electrons. The first-order valence-corrected chi connectivity index (χ1v) is 9.75. The molecule has 4 aromatic rings. The van der Waals surface area contributed by atoms with E-state index in [0.717, 1.165) is 17.5 Å². The van der Waals surface area contributed by atoms with Crippen LogP contribution in [0.25, 0.3) is 16.7 Å². The highest BCUT2D eigenvalue weighted by Crippen LogP contribution is 2.37. The number of fused-ring (bicyclic) bond motifs is 5. The summed E-state index contributed by atoms with van der Waals surface area (Å²) in [6, 6.07) is 21.7. The highest BCUT2D eigenvalue weighted by atomic mass is 16.5. The van der Waals surface area contributed by atoms with Gasteiger partial charge in [-0.15, -0.1) is 0 Å². The summed E-state index contributed by atoms with van der Waals surface area (Å²) in [4.78, 5) is 17.1. The third-order valence-corrected chi connectivity index (χ3v) is 5.49. The number of ether oxygens (including phenoxy) is 1. The quantitative estimate of drug-likeness (QED) is 0.501. The molecule has 0 unspecified atom stereocenters. The topological polar surface area (TPSA) is 56.1 Å². The molecule has 29 heavy (non-hydrogen) atoms. The van der Waals surface area contributed by atoms with Crippen LogP contribution in [-0.4, -0.2) is 29.1 Å². The van der Waals surface area contributed by atoms with E-state index in [1.807, 2.05) is 36.4 Å². The summed E-state index contributed by atoms with van der Waals surface area (Å²) in [5.41, 5.74) is 7.64. The number of hydrogen-bond donors (Lipinski definition) is 1. The van der Waals surface area contributed by atoms with Gasteiger partial charge in [0.25, 0.3) is 5.91 Å². The predicted octanol–water partition coefficient (Wildman–Crippen LogP) is 3.91. The molecule has 0 atom stereocenters. The van der Waals surface area contributed by atoms with Crippen molar-refractivity contribution in [1.29, 1.82) is 0 Å². The van der Waals surface area contributed by atoms with Gasteiger partial charge in [0.15, 0.2) is 0 Å². The van der Waals surface area contributed by atoms with Gasteiger partial charge in [-0.25, -0.2) is 4.98 Å². The molecule has 0 fully saturated rings. The average Bonchev–Trinajstić information content (AvgIpc) is 3.29. The second-order valence-corrected chi connectivity index (χ2v) is 7.16. The number of rotatable bonds is 5. The van der Waals surface area contributed by atoms with Crippen molar-refractivity contribution in [3.8, 4) is 11.6 Å². The average molecular weight is 383 g/mol. The van der Waals surface area contributed by atoms with Gasteiger partial charge in [-0.3, -0.25) is 4.79 Å². The number of carbonyl (C=O) groups excluding carboxylic acids is 1. The Bertz CT molecular complexity index is 1210. The number of para-hydroxylation sites is 1. The molecule has 0 saturated heterocycles. The van der Waals surface area contributed by atoms with Gasteiger partial charge in [-0.05, 0) is 36.2 Å². The van der Waals surface area contributed by atoms with E-state index >= 15 is 0 Å². The Labute approximate surface area is 169 Å². The summed E-state index contributed by atoms with van der Waals surface area (Å²) in [5, 5.41) is 3.04. The Kier molecular flexibility index (Phi) is 4.28. The highest BCUT2D eigenvalue weighted by Gasteiger charge is 2.26. The van der Waals surface area contributed by atoms with Crippen molar-refractivity contribution in [2.24, 2.45) is 0 Å². The lowest BCUT2D eigenvalue weighted by Gasteiger charge is -2.07. The largest absolute Gasteiger partial charge is 0.481 e. The van der Waals surface area contributed by atoms with Crippen LogP contribution >= 0.6 is 0 Å². The lowest BCUT2D eigenvalue weighted by Crippen LogP contribution is -2.25. The number of methoxy groups -OCH3 is 1. The van der Waals surface area contributed by atoms with Gasteiger partial charge in [-0.1, -0.05) is 36.4 Å². The minimum atomic E-state index is -0.0559. The molecule has 2 aromatic carbocycles. The molecule has 1 amide bonds. The first-order chi connectivity index (χ1) is 14.3. The van der Waals surface area contributed by atoms with Gasteiger partial charge in [0.1, 0.15) is 0 Å². The SMILES string of the molecule is COc1ccc2c(n1)c(CCNC(=O)c1ccccc1)c1n2-c2ccccc2C1. The van der Waals surface area contributed by atoms with Crippen LogP contribution in [-0.2, 0) is 12.8 Å². The molecule has 5 nitrogen and oxygen atoms in total. The summed E-state index contributed by atoms with van der Waals surface area (Å²) < 4.78 is 7.66. The Morgan fingerprint density at radius 3 is 2.69 bits per heavy atom. The fourth-order valence-electron chi connectivity index (χ4n) is 4.14. The Hall–Kier alpha value is -3.60. The number of hydrogen-bond acceptors (Lipinski definition) is 3. The Morgan fingerprint density at radius 1 is 1.07 bits per heavy atom. The maximum absolute atomic E-state index is 12.4. The van der Waals surface area contributed by atoms with Crippen LogP contribution in [0.1, 0.15) is 27.2 Å². The van der Waals surface area contributed by atoms with Crippen molar-refractivity contribution in [2.45, 2.75) is 12.8 Å². The van der Waals surface area contributed by atoms with Crippen LogP contribution < -0.4 is 10.1 Å². The second-order valence-electron chi connectivity index (χ2n) is 7.16. The van der Waals surface area contributed by atoms with E-state index in [4.69, 9.17) is 9.72 Å². The molecule has 0 aliphatic carbocycles. The maximum Gasteiger partial charge on any atom is 0.251 e. The van der Waals surface area contributed by atoms with Crippen molar-refractivity contribution in [1.82, 2.24) is 14.9 Å². The monoisotopic (exact) mass is 383 g/mol. The zero-order valence-corrected chi connectivity index (χ0v) is 16.2. The molecule has 144 valence electrons. The molecule has 0 saturated carbocycles. The number of nitrogens with one attached hydrogen (secondary N) is 1. The molecular weight excluding hydrogens is 362 g/mol. The third kappa shape index (κ3) is 2.95. The van der Waals surface area contributed by atoms with Crippen LogP contribution in [0, 0.1) is 0 Å². The molecular formula is C24H21N3O2. The fraction of sp³-hybridized carbons (Fsp3) is 0.167. The normalized spacial score (nSPS) is 11.9. The molecule has 0 bridgehead atoms. The van der Waals surface area contributed by atoms with Crippen molar-refractivity contribution >= 4 is 16.9 Å². The number of pyridine rings is 1. The molecule has 0 spiro atoms. The molecule has 1 aliphatic rings. The number of amides is 1. The standard InChI is InChI=1S/C24H21N3O2/c1-29-22-12-11-20-23(26-22)18(13-14-25-24(28)16-7-3-2-4-8-16)21-15-17-9-5-6-10-19(17)27(20)21/h2-12H,13-15H2,1H3,(H,25,28). The smallest absolute Gasteiger partial charge is 0.251 e. The zero-order valence-electron chi connectivity index (χ0n) is 16.2. The molecule has 3 heterocycles. The van der Waals surface area contributed by atoms with Crippen LogP contribution in [0.4, 0.5) is 0 Å². The Balaban J connectivity index is 1.49. The van der Waals surface area contributed by atoms with Crippen LogP contribution in [0.3, 0.4) is 0 Å². The fourth-order valence-corrected chi connectivity index (χ4v) is 4.14. The van der Waals surface area contributed by atoms with E-state index in [1.54, 1.807) is 7.11 Å². The van der Waals surface area contributed by atoms with E-state index in [9.17, 15) is 4.79 Å². The predicted molar refractivity (Wildman–Crippen MR) is 113 cm³/mol. The molecule has 1 N–H and O–H groups in total. The van der Waals surface area contributed by atoms with E-state index in [1.165, 1.54) is 22.5 Å². The first kappa shape index (κ1) is 17.5. The van der Waals surface area contributed by atoms with Crippen LogP contribution in [0.15, 0.2) is 66.7 Å². The van der Waals surface area contributed by atoms with Crippen molar-refractivity contribution < 1.29 is 9.53 Å². The first-order valence-electron chi connectivity index (χ1n) is 9.75. The lowest BCUT2D eigenvalue weighted by atomic mass is 10.1. The summed E-state index contributed by atoms with van der Waals surface area (Å²) in [6.07, 6.45) is 1.59. The minimum Gasteiger partial charge on any atom is -0.481 e. The number of nitrogens with zero attached hydrogens (tertiary/aromatic N) is 2. The summed E-state index contributed by atoms with van der Waals surface area (Å²) in [5.74, 6) is 0.546. The second kappa shape index (κ2) is 7.09. The molecule has 5 rings (SSSR count). The van der Waals surface area contributed by atoms with Gasteiger partial charge < -0.3 is 14.6 Å². The molecule has 2 aromatic heterocycles. The van der Waals surface area contributed by atoms with Crippen LogP contribution in [0.5, 0.6) is 5.88 Å².